The van der Waals surface area contributed by atoms with Crippen molar-refractivity contribution in [2.45, 2.75) is 0 Å². The lowest BCUT2D eigenvalue weighted by atomic mass is 10.4. The van der Waals surface area contributed by atoms with Gasteiger partial charge in [-0.1, -0.05) is 0 Å². The Morgan fingerprint density at radius 1 is 1.59 bits per heavy atom. The molecule has 0 aliphatic rings. The lowest BCUT2D eigenvalue weighted by Gasteiger charge is -2.14. The molecule has 1 aromatic rings. The zero-order valence-electron chi connectivity index (χ0n) is 9.50. The first-order valence-electron chi connectivity index (χ1n) is 4.70. The van der Waals surface area contributed by atoms with Crippen LogP contribution in [0.1, 0.15) is 10.6 Å². The average Bonchev–Trinajstić information content (AvgIpc) is 2.74. The van der Waals surface area contributed by atoms with Crippen molar-refractivity contribution in [1.29, 1.82) is 0 Å². The predicted molar refractivity (Wildman–Crippen MR) is 63.5 cm³/mol. The number of hydrogen-bond donors (Lipinski definition) is 1. The lowest BCUT2D eigenvalue weighted by molar-refractivity contribution is -0.402. The molecule has 1 heterocycles. The minimum absolute atomic E-state index is 0. The minimum Gasteiger partial charge on any atom is -0.395 e. The molecule has 0 atom stereocenters. The van der Waals surface area contributed by atoms with E-state index < -0.39 is 10.8 Å². The van der Waals surface area contributed by atoms with E-state index in [0.717, 1.165) is 0 Å². The van der Waals surface area contributed by atoms with Crippen molar-refractivity contribution in [2.24, 2.45) is 0 Å². The summed E-state index contributed by atoms with van der Waals surface area (Å²) < 4.78 is 4.80. The van der Waals surface area contributed by atoms with Gasteiger partial charge in [-0.2, -0.15) is 0 Å². The van der Waals surface area contributed by atoms with Crippen LogP contribution in [0.5, 0.6) is 0 Å². The van der Waals surface area contributed by atoms with Crippen LogP contribution in [0.15, 0.2) is 16.5 Å². The van der Waals surface area contributed by atoms with E-state index in [4.69, 9.17) is 4.42 Å². The SMILES string of the molecule is CNCCN(C)C(=O)c1ccc([N+](=O)[O-])o1.Cl. The highest BCUT2D eigenvalue weighted by atomic mass is 35.5. The largest absolute Gasteiger partial charge is 0.433 e. The maximum atomic E-state index is 11.7. The van der Waals surface area contributed by atoms with Crippen LogP contribution >= 0.6 is 12.4 Å². The Hall–Kier alpha value is -1.60. The second-order valence-electron chi connectivity index (χ2n) is 3.23. The number of hydrogen-bond acceptors (Lipinski definition) is 5. The van der Waals surface area contributed by atoms with Crippen LogP contribution < -0.4 is 5.32 Å². The minimum atomic E-state index is -0.676. The Bertz CT molecular complexity index is 393. The third-order valence-corrected chi connectivity index (χ3v) is 2.03. The molecule has 0 bridgehead atoms. The van der Waals surface area contributed by atoms with Gasteiger partial charge in [-0.05, 0) is 13.1 Å². The van der Waals surface area contributed by atoms with Gasteiger partial charge in [0, 0.05) is 20.1 Å². The van der Waals surface area contributed by atoms with E-state index in [1.165, 1.54) is 17.0 Å². The summed E-state index contributed by atoms with van der Waals surface area (Å²) in [6.07, 6.45) is 0. The van der Waals surface area contributed by atoms with Crippen molar-refractivity contribution in [1.82, 2.24) is 10.2 Å². The summed E-state index contributed by atoms with van der Waals surface area (Å²) in [4.78, 5) is 22.8. The first-order chi connectivity index (χ1) is 7.56. The first kappa shape index (κ1) is 15.4. The Morgan fingerprint density at radius 3 is 2.71 bits per heavy atom. The molecule has 0 fully saturated rings. The van der Waals surface area contributed by atoms with E-state index in [9.17, 15) is 14.9 Å². The number of nitro groups is 1. The fourth-order valence-corrected chi connectivity index (χ4v) is 1.11. The smallest absolute Gasteiger partial charge is 0.395 e. The highest BCUT2D eigenvalue weighted by Crippen LogP contribution is 2.16. The van der Waals surface area contributed by atoms with Crippen molar-refractivity contribution in [3.05, 3.63) is 28.0 Å². The second-order valence-corrected chi connectivity index (χ2v) is 3.23. The van der Waals surface area contributed by atoms with Crippen LogP contribution in [-0.2, 0) is 0 Å². The molecule has 0 radical (unpaired) electrons. The van der Waals surface area contributed by atoms with Crippen LogP contribution in [0, 0.1) is 10.1 Å². The topological polar surface area (TPSA) is 88.6 Å². The fraction of sp³-hybridized carbons (Fsp3) is 0.444. The number of halogens is 1. The molecular formula is C9H14ClN3O4. The molecule has 0 unspecified atom stereocenters. The third-order valence-electron chi connectivity index (χ3n) is 2.03. The highest BCUT2D eigenvalue weighted by Gasteiger charge is 2.19. The van der Waals surface area contributed by atoms with Gasteiger partial charge in [0.2, 0.25) is 0 Å². The maximum absolute atomic E-state index is 11.7. The quantitative estimate of drug-likeness (QED) is 0.630. The van der Waals surface area contributed by atoms with Crippen LogP contribution in [0.2, 0.25) is 0 Å². The van der Waals surface area contributed by atoms with Crippen LogP contribution in [0.25, 0.3) is 0 Å². The standard InChI is InChI=1S/C9H13N3O4.ClH/c1-10-5-6-11(2)9(13)7-3-4-8(16-7)12(14)15;/h3-4,10H,5-6H2,1-2H3;1H. The van der Waals surface area contributed by atoms with E-state index in [-0.39, 0.29) is 24.1 Å². The van der Waals surface area contributed by atoms with Gasteiger partial charge in [-0.15, -0.1) is 12.4 Å². The number of carbonyl (C=O) groups is 1. The van der Waals surface area contributed by atoms with Crippen LogP contribution in [0.4, 0.5) is 5.88 Å². The molecule has 7 nitrogen and oxygen atoms in total. The Balaban J connectivity index is 0.00000256. The van der Waals surface area contributed by atoms with Crippen molar-refractivity contribution < 1.29 is 14.1 Å². The zero-order valence-corrected chi connectivity index (χ0v) is 10.3. The normalized spacial score (nSPS) is 9.53. The second kappa shape index (κ2) is 6.87. The summed E-state index contributed by atoms with van der Waals surface area (Å²) in [7, 11) is 3.38. The third kappa shape index (κ3) is 4.04. The molecule has 96 valence electrons. The van der Waals surface area contributed by atoms with E-state index in [1.54, 1.807) is 14.1 Å². The van der Waals surface area contributed by atoms with Crippen molar-refractivity contribution >= 4 is 24.2 Å². The molecule has 0 aliphatic carbocycles. The molecule has 1 amide bonds. The maximum Gasteiger partial charge on any atom is 0.433 e. The Labute approximate surface area is 104 Å². The first-order valence-corrected chi connectivity index (χ1v) is 4.70. The Kier molecular flexibility index (Phi) is 6.22. The number of likely N-dealkylation sites (N-methyl/N-ethyl adjacent to an activating group) is 2. The van der Waals surface area contributed by atoms with E-state index >= 15 is 0 Å². The van der Waals surface area contributed by atoms with Crippen LogP contribution in [-0.4, -0.2) is 42.9 Å². The molecule has 0 spiro atoms. The summed E-state index contributed by atoms with van der Waals surface area (Å²) in [5.41, 5.74) is 0. The van der Waals surface area contributed by atoms with Crippen molar-refractivity contribution in [2.75, 3.05) is 27.2 Å². The summed E-state index contributed by atoms with van der Waals surface area (Å²) in [5.74, 6) is -0.820. The highest BCUT2D eigenvalue weighted by molar-refractivity contribution is 5.91. The van der Waals surface area contributed by atoms with E-state index in [2.05, 4.69) is 5.32 Å². The Morgan fingerprint density at radius 2 is 2.24 bits per heavy atom. The molecular weight excluding hydrogens is 250 g/mol. The number of carbonyl (C=O) groups excluding carboxylic acids is 1. The average molecular weight is 264 g/mol. The van der Waals surface area contributed by atoms with Gasteiger partial charge in [0.25, 0.3) is 5.91 Å². The fourth-order valence-electron chi connectivity index (χ4n) is 1.11. The lowest BCUT2D eigenvalue weighted by Crippen LogP contribution is -2.32. The number of furan rings is 1. The van der Waals surface area contributed by atoms with Gasteiger partial charge in [0.15, 0.2) is 5.76 Å². The molecule has 8 heteroatoms. The summed E-state index contributed by atoms with van der Waals surface area (Å²) in [6, 6.07) is 2.47. The van der Waals surface area contributed by atoms with Gasteiger partial charge in [-0.25, -0.2) is 0 Å². The number of amides is 1. The van der Waals surface area contributed by atoms with Gasteiger partial charge < -0.3 is 14.6 Å². The molecule has 1 rings (SSSR count). The summed E-state index contributed by atoms with van der Waals surface area (Å²) in [5, 5.41) is 13.3. The van der Waals surface area contributed by atoms with Gasteiger partial charge in [0.05, 0.1) is 6.07 Å². The van der Waals surface area contributed by atoms with Gasteiger partial charge in [-0.3, -0.25) is 14.9 Å². The number of nitrogens with zero attached hydrogens (tertiary/aromatic N) is 2. The molecule has 0 aromatic carbocycles. The molecule has 0 saturated carbocycles. The van der Waals surface area contributed by atoms with Crippen molar-refractivity contribution in [3.63, 3.8) is 0 Å². The number of rotatable bonds is 5. The van der Waals surface area contributed by atoms with Gasteiger partial charge >= 0.3 is 5.88 Å². The molecule has 0 saturated heterocycles. The monoisotopic (exact) mass is 263 g/mol. The van der Waals surface area contributed by atoms with Crippen LogP contribution in [0.3, 0.4) is 0 Å². The number of nitrogens with one attached hydrogen (secondary N) is 1. The van der Waals surface area contributed by atoms with Crippen molar-refractivity contribution in [3.8, 4) is 0 Å². The summed E-state index contributed by atoms with van der Waals surface area (Å²) in [6.45, 7) is 1.15. The summed E-state index contributed by atoms with van der Waals surface area (Å²) >= 11 is 0. The molecule has 1 N–H and O–H groups in total. The predicted octanol–water partition coefficient (Wildman–Crippen LogP) is 0.901. The molecule has 0 aliphatic heterocycles. The molecule has 1 aromatic heterocycles. The van der Waals surface area contributed by atoms with E-state index in [1.807, 2.05) is 0 Å². The zero-order chi connectivity index (χ0) is 12.1. The van der Waals surface area contributed by atoms with Gasteiger partial charge in [0.1, 0.15) is 4.92 Å². The molecule has 17 heavy (non-hydrogen) atoms. The van der Waals surface area contributed by atoms with E-state index in [0.29, 0.717) is 13.1 Å².